The molecule has 1 aromatic rings. The smallest absolute Gasteiger partial charge is 0.329 e. The number of rotatable bonds is 10. The second kappa shape index (κ2) is 10.1. The number of hydrogen-bond donors (Lipinski definition) is 0. The van der Waals surface area contributed by atoms with Gasteiger partial charge in [-0.1, -0.05) is 45.4 Å². The van der Waals surface area contributed by atoms with Crippen LogP contribution in [0.2, 0.25) is 0 Å². The van der Waals surface area contributed by atoms with Crippen LogP contribution in [0, 0.1) is 13.8 Å². The number of nitrogens with zero attached hydrogens (tertiary/aromatic N) is 2. The Kier molecular flexibility index (Phi) is 8.06. The highest BCUT2D eigenvalue weighted by Gasteiger charge is 2.28. The van der Waals surface area contributed by atoms with Gasteiger partial charge in [0, 0.05) is 22.7 Å². The summed E-state index contributed by atoms with van der Waals surface area (Å²) in [6.07, 6.45) is 11.3. The Morgan fingerprint density at radius 2 is 1.63 bits per heavy atom. The van der Waals surface area contributed by atoms with Crippen LogP contribution in [0.1, 0.15) is 89.1 Å². The van der Waals surface area contributed by atoms with Crippen molar-refractivity contribution in [2.45, 2.75) is 86.0 Å². The van der Waals surface area contributed by atoms with Gasteiger partial charge in [-0.15, -0.1) is 0 Å². The highest BCUT2D eigenvalue weighted by molar-refractivity contribution is 6.41. The molecule has 0 aliphatic carbocycles. The minimum absolute atomic E-state index is 0.607. The fraction of sp³-hybridized carbons (Fsp3) is 0.591. The molecule has 0 aromatic carbocycles. The van der Waals surface area contributed by atoms with E-state index in [4.69, 9.17) is 0 Å². The molecule has 1 aliphatic heterocycles. The van der Waals surface area contributed by atoms with Crippen LogP contribution < -0.4 is 0 Å². The molecule has 0 radical (unpaired) electrons. The van der Waals surface area contributed by atoms with Crippen LogP contribution in [0.5, 0.6) is 0 Å². The lowest BCUT2D eigenvalue weighted by Gasteiger charge is -2.16. The third kappa shape index (κ3) is 5.43. The molecule has 5 heteroatoms. The molecule has 0 fully saturated rings. The molecule has 0 saturated carbocycles. The molecule has 148 valence electrons. The maximum Gasteiger partial charge on any atom is 0.677 e. The van der Waals surface area contributed by atoms with Gasteiger partial charge in [0.2, 0.25) is 0 Å². The van der Waals surface area contributed by atoms with Gasteiger partial charge in [-0.05, 0) is 63.8 Å². The van der Waals surface area contributed by atoms with Crippen LogP contribution in [-0.4, -0.2) is 17.6 Å². The largest absolute Gasteiger partial charge is 0.677 e. The molecule has 0 bridgehead atoms. The Labute approximate surface area is 163 Å². The summed E-state index contributed by atoms with van der Waals surface area (Å²) in [5, 5.41) is 0. The molecule has 0 amide bonds. The molecule has 0 N–H and O–H groups in total. The second-order valence-electron chi connectivity index (χ2n) is 7.74. The van der Waals surface area contributed by atoms with E-state index in [0.717, 1.165) is 47.4 Å². The van der Waals surface area contributed by atoms with Crippen molar-refractivity contribution < 1.29 is 8.63 Å². The summed E-state index contributed by atoms with van der Waals surface area (Å²) < 4.78 is 28.7. The third-order valence-corrected chi connectivity index (χ3v) is 5.30. The highest BCUT2D eigenvalue weighted by atomic mass is 19.2. The van der Waals surface area contributed by atoms with E-state index in [1.165, 1.54) is 36.6 Å². The van der Waals surface area contributed by atoms with Gasteiger partial charge in [-0.2, -0.15) is 0 Å². The summed E-state index contributed by atoms with van der Waals surface area (Å²) in [4.78, 5) is 4.68. The summed E-state index contributed by atoms with van der Waals surface area (Å²) in [6, 6.07) is 1.86. The third-order valence-electron chi connectivity index (χ3n) is 5.30. The molecular weight excluding hydrogens is 341 g/mol. The van der Waals surface area contributed by atoms with Gasteiger partial charge in [0.15, 0.2) is 0 Å². The Morgan fingerprint density at radius 1 is 1.00 bits per heavy atom. The summed E-state index contributed by atoms with van der Waals surface area (Å²) in [5.41, 5.74) is 6.06. The Balaban J connectivity index is 2.27. The first-order valence-corrected chi connectivity index (χ1v) is 10.3. The fourth-order valence-electron chi connectivity index (χ4n) is 4.04. The minimum Gasteiger partial charge on any atom is -0.329 e. The van der Waals surface area contributed by atoms with Crippen LogP contribution >= 0.6 is 0 Å². The van der Waals surface area contributed by atoms with Crippen molar-refractivity contribution in [3.8, 4) is 0 Å². The van der Waals surface area contributed by atoms with E-state index in [1.807, 2.05) is 32.9 Å². The van der Waals surface area contributed by atoms with Crippen molar-refractivity contribution in [3.05, 3.63) is 40.4 Å². The molecular formula is C22H33BF2N2. The van der Waals surface area contributed by atoms with E-state index in [9.17, 15) is 8.63 Å². The average Bonchev–Trinajstić information content (AvgIpc) is 3.08. The Hall–Kier alpha value is -1.65. The van der Waals surface area contributed by atoms with E-state index < -0.39 is 7.40 Å². The number of allylic oxidation sites excluding steroid dienone is 3. The van der Waals surface area contributed by atoms with Gasteiger partial charge >= 0.3 is 7.40 Å². The summed E-state index contributed by atoms with van der Waals surface area (Å²) in [5.74, 6) is 0. The maximum absolute atomic E-state index is 13.8. The maximum atomic E-state index is 13.8. The first-order valence-electron chi connectivity index (χ1n) is 10.3. The molecule has 1 aromatic heterocycles. The van der Waals surface area contributed by atoms with Gasteiger partial charge < -0.3 is 4.48 Å². The van der Waals surface area contributed by atoms with Gasteiger partial charge in [-0.3, -0.25) is 13.6 Å². The molecule has 27 heavy (non-hydrogen) atoms. The Bertz CT molecular complexity index is 742. The quantitative estimate of drug-likeness (QED) is 0.306. The van der Waals surface area contributed by atoms with E-state index in [-0.39, 0.29) is 0 Å². The molecule has 2 nitrogen and oxygen atoms in total. The Morgan fingerprint density at radius 3 is 2.19 bits per heavy atom. The number of halogens is 2. The van der Waals surface area contributed by atoms with Crippen molar-refractivity contribution in [1.29, 1.82) is 0 Å². The standard InChI is InChI=1S/C22H33BF2N2/c1-6-7-8-9-10-11-12-13-20(21-16(2)14-18(4)26-21)22-17(3)15-19(5)27(22)23(24)25/h14-15H,6-13H2,1-5H3/b21-20-. The lowest BCUT2D eigenvalue weighted by Crippen LogP contribution is -2.18. The molecule has 1 aliphatic rings. The molecule has 0 saturated heterocycles. The molecule has 2 heterocycles. The van der Waals surface area contributed by atoms with Crippen molar-refractivity contribution in [3.63, 3.8) is 0 Å². The summed E-state index contributed by atoms with van der Waals surface area (Å²) in [6.45, 7) is 9.90. The number of hydrogen-bond acceptors (Lipinski definition) is 1. The highest BCUT2D eigenvalue weighted by Crippen LogP contribution is 2.35. The summed E-state index contributed by atoms with van der Waals surface area (Å²) in [7, 11) is -2.53. The van der Waals surface area contributed by atoms with Crippen molar-refractivity contribution in [1.82, 2.24) is 4.48 Å². The van der Waals surface area contributed by atoms with Crippen LogP contribution in [0.4, 0.5) is 8.63 Å². The predicted molar refractivity (Wildman–Crippen MR) is 114 cm³/mol. The number of aromatic nitrogens is 1. The number of aryl methyl sites for hydroxylation is 2. The van der Waals surface area contributed by atoms with Crippen LogP contribution in [-0.2, 0) is 0 Å². The zero-order valence-corrected chi connectivity index (χ0v) is 17.5. The first-order chi connectivity index (χ1) is 12.9. The second-order valence-corrected chi connectivity index (χ2v) is 7.74. The van der Waals surface area contributed by atoms with Crippen molar-refractivity contribution in [2.24, 2.45) is 4.99 Å². The van der Waals surface area contributed by atoms with Crippen LogP contribution in [0.15, 0.2) is 28.4 Å². The molecule has 0 unspecified atom stereocenters. The van der Waals surface area contributed by atoms with Gasteiger partial charge in [0.25, 0.3) is 0 Å². The van der Waals surface area contributed by atoms with Gasteiger partial charge in [0.1, 0.15) is 0 Å². The predicted octanol–water partition coefficient (Wildman–Crippen LogP) is 7.15. The zero-order chi connectivity index (χ0) is 20.0. The summed E-state index contributed by atoms with van der Waals surface area (Å²) >= 11 is 0. The first kappa shape index (κ1) is 21.7. The zero-order valence-electron chi connectivity index (χ0n) is 17.5. The average molecular weight is 374 g/mol. The van der Waals surface area contributed by atoms with Crippen LogP contribution in [0.3, 0.4) is 0 Å². The monoisotopic (exact) mass is 374 g/mol. The number of aliphatic imine (C=N–C) groups is 1. The van der Waals surface area contributed by atoms with Crippen molar-refractivity contribution in [2.75, 3.05) is 0 Å². The van der Waals surface area contributed by atoms with Gasteiger partial charge in [0.05, 0.1) is 5.70 Å². The fourth-order valence-corrected chi connectivity index (χ4v) is 4.04. The minimum atomic E-state index is -2.53. The van der Waals surface area contributed by atoms with E-state index in [0.29, 0.717) is 11.4 Å². The SMILES string of the molecule is CCCCCCCCC/C(=C1/N=C(C)C=C1C)c1c(C)cc(C)n1B(F)F. The molecule has 0 atom stereocenters. The topological polar surface area (TPSA) is 17.3 Å². The van der Waals surface area contributed by atoms with E-state index in [2.05, 4.69) is 11.9 Å². The normalized spacial score (nSPS) is 15.8. The number of unbranched alkanes of at least 4 members (excludes halogenated alkanes) is 6. The van der Waals surface area contributed by atoms with E-state index >= 15 is 0 Å². The lowest BCUT2D eigenvalue weighted by molar-refractivity contribution is 0.592. The van der Waals surface area contributed by atoms with E-state index in [1.54, 1.807) is 6.92 Å². The van der Waals surface area contributed by atoms with Crippen molar-refractivity contribution >= 4 is 18.7 Å². The lowest BCUT2D eigenvalue weighted by atomic mass is 9.95. The van der Waals surface area contributed by atoms with Crippen LogP contribution in [0.25, 0.3) is 5.57 Å². The molecule has 0 spiro atoms. The molecule has 2 rings (SSSR count). The van der Waals surface area contributed by atoms with Gasteiger partial charge in [-0.25, -0.2) is 0 Å².